The van der Waals surface area contributed by atoms with Crippen LogP contribution < -0.4 is 10.6 Å². The fourth-order valence-corrected chi connectivity index (χ4v) is 4.84. The third-order valence-corrected chi connectivity index (χ3v) is 6.51. The Morgan fingerprint density at radius 2 is 1.69 bits per heavy atom. The molecule has 2 amide bonds. The molecular formula is C27H31N3O5. The molecule has 3 N–H and O–H groups in total. The average molecular weight is 478 g/mol. The molecule has 0 spiro atoms. The highest BCUT2D eigenvalue weighted by atomic mass is 16.5. The Bertz CT molecular complexity index is 1080. The highest BCUT2D eigenvalue weighted by Crippen LogP contribution is 2.44. The number of ether oxygens (including phenoxy) is 1. The molecule has 0 bridgehead atoms. The highest BCUT2D eigenvalue weighted by Gasteiger charge is 2.31. The van der Waals surface area contributed by atoms with E-state index in [2.05, 4.69) is 34.9 Å². The number of carboxylic acids is 1. The molecule has 2 aliphatic carbocycles. The minimum absolute atomic E-state index is 0.0294. The molecule has 0 heterocycles. The van der Waals surface area contributed by atoms with E-state index in [0.717, 1.165) is 22.3 Å². The Balaban J connectivity index is 1.32. The number of allylic oxidation sites excluding steroid dienone is 1. The number of alkyl carbamates (subject to hydrolysis) is 1. The zero-order valence-corrected chi connectivity index (χ0v) is 19.9. The molecule has 2 aromatic carbocycles. The van der Waals surface area contributed by atoms with Gasteiger partial charge < -0.3 is 25.4 Å². The molecule has 0 fully saturated rings. The normalized spacial score (nSPS) is 19.5. The summed E-state index contributed by atoms with van der Waals surface area (Å²) in [6, 6.07) is 14.9. The van der Waals surface area contributed by atoms with Crippen molar-refractivity contribution in [3.05, 3.63) is 71.8 Å². The number of carbonyl (C=O) groups is 3. The monoisotopic (exact) mass is 477 g/mol. The molecule has 0 aliphatic heterocycles. The van der Waals surface area contributed by atoms with Crippen molar-refractivity contribution in [3.63, 3.8) is 0 Å². The number of likely N-dealkylation sites (N-methyl/N-ethyl adjacent to an activating group) is 1. The topological polar surface area (TPSA) is 108 Å². The molecule has 0 saturated heterocycles. The molecule has 4 rings (SSSR count). The van der Waals surface area contributed by atoms with Crippen LogP contribution >= 0.6 is 0 Å². The lowest BCUT2D eigenvalue weighted by Crippen LogP contribution is -2.50. The van der Waals surface area contributed by atoms with Gasteiger partial charge in [-0.15, -0.1) is 0 Å². The molecule has 184 valence electrons. The van der Waals surface area contributed by atoms with Gasteiger partial charge in [-0.2, -0.15) is 0 Å². The van der Waals surface area contributed by atoms with Gasteiger partial charge in [0.25, 0.3) is 0 Å². The van der Waals surface area contributed by atoms with Crippen LogP contribution in [0.15, 0.2) is 60.7 Å². The molecule has 0 saturated carbocycles. The lowest BCUT2D eigenvalue weighted by atomic mass is 9.90. The van der Waals surface area contributed by atoms with Gasteiger partial charge in [-0.25, -0.2) is 9.59 Å². The van der Waals surface area contributed by atoms with Crippen molar-refractivity contribution in [1.29, 1.82) is 0 Å². The molecule has 3 unspecified atom stereocenters. The van der Waals surface area contributed by atoms with Crippen molar-refractivity contribution in [1.82, 2.24) is 15.5 Å². The fraction of sp³-hybridized carbons (Fsp3) is 0.370. The van der Waals surface area contributed by atoms with E-state index >= 15 is 0 Å². The van der Waals surface area contributed by atoms with Crippen molar-refractivity contribution in [2.24, 2.45) is 5.92 Å². The minimum Gasteiger partial charge on any atom is -0.480 e. The Kier molecular flexibility index (Phi) is 7.51. The highest BCUT2D eigenvalue weighted by molar-refractivity contribution is 5.85. The average Bonchev–Trinajstić information content (AvgIpc) is 3.16. The molecule has 8 heteroatoms. The molecule has 0 aromatic heterocycles. The number of benzene rings is 2. The van der Waals surface area contributed by atoms with E-state index in [9.17, 15) is 19.5 Å². The van der Waals surface area contributed by atoms with Gasteiger partial charge in [0.15, 0.2) is 0 Å². The number of hydrogen-bond donors (Lipinski definition) is 3. The number of amides is 2. The van der Waals surface area contributed by atoms with Crippen molar-refractivity contribution in [3.8, 4) is 11.1 Å². The number of carbonyl (C=O) groups excluding carboxylic acids is 2. The van der Waals surface area contributed by atoms with Gasteiger partial charge in [-0.1, -0.05) is 60.7 Å². The Morgan fingerprint density at radius 1 is 1.06 bits per heavy atom. The van der Waals surface area contributed by atoms with Gasteiger partial charge in [0.2, 0.25) is 5.91 Å². The first kappa shape index (κ1) is 24.5. The van der Waals surface area contributed by atoms with Gasteiger partial charge in [-0.05, 0) is 49.2 Å². The summed E-state index contributed by atoms with van der Waals surface area (Å²) >= 11 is 0. The molecule has 2 aromatic rings. The predicted molar refractivity (Wildman–Crippen MR) is 132 cm³/mol. The summed E-state index contributed by atoms with van der Waals surface area (Å²) in [5.74, 6) is -1.87. The molecule has 0 radical (unpaired) electrons. The van der Waals surface area contributed by atoms with Crippen molar-refractivity contribution in [2.45, 2.75) is 30.8 Å². The maximum atomic E-state index is 12.7. The van der Waals surface area contributed by atoms with Gasteiger partial charge in [-0.3, -0.25) is 4.79 Å². The van der Waals surface area contributed by atoms with Crippen LogP contribution in [-0.4, -0.2) is 67.3 Å². The SMILES string of the molecule is CN(C)CC(NC(=O)C1CC=CC(NC(=O)OCC2c3ccccc3-c3ccccc32)C1)C(=O)O. The second-order valence-electron chi connectivity index (χ2n) is 9.33. The second-order valence-corrected chi connectivity index (χ2v) is 9.33. The van der Waals surface area contributed by atoms with Crippen LogP contribution in [0.25, 0.3) is 11.1 Å². The van der Waals surface area contributed by atoms with Crippen LogP contribution in [0.5, 0.6) is 0 Å². The first-order valence-corrected chi connectivity index (χ1v) is 11.8. The largest absolute Gasteiger partial charge is 0.480 e. The van der Waals surface area contributed by atoms with Gasteiger partial charge in [0.1, 0.15) is 12.6 Å². The van der Waals surface area contributed by atoms with E-state index in [0.29, 0.717) is 12.8 Å². The van der Waals surface area contributed by atoms with Crippen LogP contribution in [-0.2, 0) is 14.3 Å². The Hall–Kier alpha value is -3.65. The van der Waals surface area contributed by atoms with Crippen molar-refractivity contribution >= 4 is 18.0 Å². The van der Waals surface area contributed by atoms with Crippen LogP contribution in [0.2, 0.25) is 0 Å². The van der Waals surface area contributed by atoms with E-state index in [-0.39, 0.29) is 31.0 Å². The number of nitrogens with one attached hydrogen (secondary N) is 2. The summed E-state index contributed by atoms with van der Waals surface area (Å²) in [6.07, 6.45) is 4.01. The van der Waals surface area contributed by atoms with Crippen molar-refractivity contribution < 1.29 is 24.2 Å². The summed E-state index contributed by atoms with van der Waals surface area (Å²) in [5, 5.41) is 14.8. The predicted octanol–water partition coefficient (Wildman–Crippen LogP) is 2.99. The second kappa shape index (κ2) is 10.7. The van der Waals surface area contributed by atoms with E-state index in [4.69, 9.17) is 4.74 Å². The number of carboxylic acid groups (broad SMARTS) is 1. The first-order valence-electron chi connectivity index (χ1n) is 11.8. The Morgan fingerprint density at radius 3 is 2.29 bits per heavy atom. The van der Waals surface area contributed by atoms with Crippen LogP contribution in [0.3, 0.4) is 0 Å². The van der Waals surface area contributed by atoms with Crippen molar-refractivity contribution in [2.75, 3.05) is 27.2 Å². The molecule has 35 heavy (non-hydrogen) atoms. The zero-order valence-electron chi connectivity index (χ0n) is 19.9. The smallest absolute Gasteiger partial charge is 0.407 e. The van der Waals surface area contributed by atoms with Crippen LogP contribution in [0.1, 0.15) is 29.9 Å². The van der Waals surface area contributed by atoms with Gasteiger partial charge in [0.05, 0.1) is 6.04 Å². The maximum absolute atomic E-state index is 12.7. The first-order chi connectivity index (χ1) is 16.8. The van der Waals surface area contributed by atoms with E-state index in [1.54, 1.807) is 19.0 Å². The molecule has 8 nitrogen and oxygen atoms in total. The lowest BCUT2D eigenvalue weighted by Gasteiger charge is -2.27. The quantitative estimate of drug-likeness (QED) is 0.505. The lowest BCUT2D eigenvalue weighted by molar-refractivity contribution is -0.143. The maximum Gasteiger partial charge on any atom is 0.407 e. The summed E-state index contributed by atoms with van der Waals surface area (Å²) in [7, 11) is 3.50. The summed E-state index contributed by atoms with van der Waals surface area (Å²) in [5.41, 5.74) is 4.60. The van der Waals surface area contributed by atoms with E-state index < -0.39 is 24.0 Å². The third kappa shape index (κ3) is 5.71. The number of rotatable bonds is 8. The number of aliphatic carboxylic acids is 1. The molecule has 3 atom stereocenters. The Labute approximate surface area is 205 Å². The van der Waals surface area contributed by atoms with Gasteiger partial charge >= 0.3 is 12.1 Å². The third-order valence-electron chi connectivity index (χ3n) is 6.51. The number of fused-ring (bicyclic) bond motifs is 3. The summed E-state index contributed by atoms with van der Waals surface area (Å²) in [6.45, 7) is 0.413. The fourth-order valence-electron chi connectivity index (χ4n) is 4.84. The standard InChI is InChI=1S/C27H31N3O5/c1-30(2)15-24(26(32)33)29-25(31)17-8-7-9-18(14-17)28-27(34)35-16-23-21-12-5-3-10-19(21)20-11-4-6-13-22(20)23/h3-7,9-13,17-18,23-24H,8,14-16H2,1-2H3,(H,28,34)(H,29,31)(H,32,33). The van der Waals surface area contributed by atoms with E-state index in [1.165, 1.54) is 0 Å². The molecular weight excluding hydrogens is 446 g/mol. The summed E-state index contributed by atoms with van der Waals surface area (Å²) < 4.78 is 5.61. The van der Waals surface area contributed by atoms with E-state index in [1.807, 2.05) is 36.4 Å². The minimum atomic E-state index is -1.08. The zero-order chi connectivity index (χ0) is 24.9. The number of hydrogen-bond acceptors (Lipinski definition) is 5. The number of nitrogens with zero attached hydrogens (tertiary/aromatic N) is 1. The van der Waals surface area contributed by atoms with Crippen LogP contribution in [0, 0.1) is 5.92 Å². The molecule has 2 aliphatic rings. The van der Waals surface area contributed by atoms with Crippen LogP contribution in [0.4, 0.5) is 4.79 Å². The summed E-state index contributed by atoms with van der Waals surface area (Å²) in [4.78, 5) is 38.5. The van der Waals surface area contributed by atoms with Gasteiger partial charge in [0, 0.05) is 18.4 Å².